The van der Waals surface area contributed by atoms with Crippen LogP contribution in [0.25, 0.3) is 0 Å². The maximum atomic E-state index is 13.4. The summed E-state index contributed by atoms with van der Waals surface area (Å²) in [7, 11) is 1.89. The van der Waals surface area contributed by atoms with Crippen molar-refractivity contribution in [3.8, 4) is 0 Å². The minimum Gasteiger partial charge on any atom is -0.319 e. The first-order valence-corrected chi connectivity index (χ1v) is 9.69. The molecule has 0 radical (unpaired) electrons. The van der Waals surface area contributed by atoms with E-state index in [1.165, 1.54) is 28.2 Å². The zero-order valence-corrected chi connectivity index (χ0v) is 16.2. The summed E-state index contributed by atoms with van der Waals surface area (Å²) in [6, 6.07) is 12.1. The van der Waals surface area contributed by atoms with Crippen LogP contribution in [-0.4, -0.2) is 30.6 Å². The van der Waals surface area contributed by atoms with E-state index in [2.05, 4.69) is 17.4 Å². The van der Waals surface area contributed by atoms with E-state index in [9.17, 15) is 14.0 Å². The smallest absolute Gasteiger partial charge is 0.319 e. The number of urea groups is 1. The van der Waals surface area contributed by atoms with E-state index in [0.29, 0.717) is 6.54 Å². The van der Waals surface area contributed by atoms with E-state index in [4.69, 9.17) is 0 Å². The van der Waals surface area contributed by atoms with Crippen LogP contribution in [0.4, 0.5) is 9.18 Å². The molecular formula is C22H25FN3O2+. The predicted octanol–water partition coefficient (Wildman–Crippen LogP) is 1.75. The molecule has 1 saturated heterocycles. The number of nitrogens with one attached hydrogen (secondary N) is 2. The number of quaternary nitrogens is 1. The van der Waals surface area contributed by atoms with Crippen LogP contribution in [-0.2, 0) is 29.7 Å². The average Bonchev–Trinajstić information content (AvgIpc) is 3.20. The molecule has 0 bridgehead atoms. The number of hydrogen-bond acceptors (Lipinski definition) is 2. The Morgan fingerprint density at radius 3 is 2.71 bits per heavy atom. The number of aryl methyl sites for hydroxylation is 2. The van der Waals surface area contributed by atoms with Gasteiger partial charge in [-0.2, -0.15) is 0 Å². The lowest BCUT2D eigenvalue weighted by Crippen LogP contribution is -3.09. The van der Waals surface area contributed by atoms with Gasteiger partial charge in [0.2, 0.25) is 0 Å². The van der Waals surface area contributed by atoms with Gasteiger partial charge in [0.1, 0.15) is 17.9 Å². The van der Waals surface area contributed by atoms with E-state index in [-0.39, 0.29) is 24.4 Å². The fraction of sp³-hybridized carbons (Fsp3) is 0.364. The largest absolute Gasteiger partial charge is 0.329 e. The van der Waals surface area contributed by atoms with Crippen LogP contribution in [0.1, 0.15) is 35.6 Å². The van der Waals surface area contributed by atoms with E-state index >= 15 is 0 Å². The summed E-state index contributed by atoms with van der Waals surface area (Å²) in [5, 5.41) is 2.88. The van der Waals surface area contributed by atoms with Gasteiger partial charge in [0.25, 0.3) is 5.91 Å². The van der Waals surface area contributed by atoms with Gasteiger partial charge in [0.05, 0.1) is 7.05 Å². The molecule has 1 heterocycles. The monoisotopic (exact) mass is 382 g/mol. The molecule has 5 nitrogen and oxygen atoms in total. The van der Waals surface area contributed by atoms with Gasteiger partial charge in [-0.1, -0.05) is 30.3 Å². The van der Waals surface area contributed by atoms with Gasteiger partial charge in [-0.15, -0.1) is 0 Å². The normalized spacial score (nSPS) is 22.3. The Morgan fingerprint density at radius 1 is 1.14 bits per heavy atom. The molecule has 2 aromatic rings. The molecule has 1 fully saturated rings. The molecule has 0 spiro atoms. The Morgan fingerprint density at radius 2 is 1.93 bits per heavy atom. The summed E-state index contributed by atoms with van der Waals surface area (Å²) in [4.78, 5) is 27.9. The standard InChI is InChI=1S/C22H24FN3O2/c1-22(18-10-9-16-6-4-7-17(16)12-18)20(27)26(21(28)24-22)14-25(2)13-15-5-3-8-19(23)11-15/h3,5,8-12H,4,6-7,13-14H2,1-2H3,(H,24,28)/p+1/t22-/m1/s1. The number of carbonyl (C=O) groups is 2. The molecule has 1 aliphatic carbocycles. The lowest BCUT2D eigenvalue weighted by Gasteiger charge is -2.24. The molecule has 28 heavy (non-hydrogen) atoms. The second-order valence-corrected chi connectivity index (χ2v) is 8.05. The minimum absolute atomic E-state index is 0.224. The molecule has 2 atom stereocenters. The van der Waals surface area contributed by atoms with Crippen LogP contribution in [0.3, 0.4) is 0 Å². The zero-order chi connectivity index (χ0) is 19.9. The second kappa shape index (κ2) is 7.02. The first-order chi connectivity index (χ1) is 13.4. The quantitative estimate of drug-likeness (QED) is 0.775. The number of halogens is 1. The summed E-state index contributed by atoms with van der Waals surface area (Å²) in [6.45, 7) is 2.51. The van der Waals surface area contributed by atoms with Gasteiger partial charge in [0, 0.05) is 5.56 Å². The van der Waals surface area contributed by atoms with Crippen LogP contribution in [0, 0.1) is 5.82 Å². The number of hydrogen-bond donors (Lipinski definition) is 2. The van der Waals surface area contributed by atoms with Gasteiger partial charge in [0.15, 0.2) is 6.67 Å². The number of imide groups is 1. The SMILES string of the molecule is C[NH+](Cc1cccc(F)c1)CN1C(=O)N[C@](C)(c2ccc3c(c2)CCC3)C1=O. The van der Waals surface area contributed by atoms with Crippen molar-refractivity contribution in [2.45, 2.75) is 38.3 Å². The third kappa shape index (κ3) is 3.29. The molecule has 2 aromatic carbocycles. The van der Waals surface area contributed by atoms with Gasteiger partial charge < -0.3 is 10.2 Å². The van der Waals surface area contributed by atoms with Crippen molar-refractivity contribution in [2.24, 2.45) is 0 Å². The number of nitrogens with zero attached hydrogens (tertiary/aromatic N) is 1. The van der Waals surface area contributed by atoms with Crippen LogP contribution in [0.15, 0.2) is 42.5 Å². The second-order valence-electron chi connectivity index (χ2n) is 8.05. The van der Waals surface area contributed by atoms with Crippen LogP contribution in [0.5, 0.6) is 0 Å². The lowest BCUT2D eigenvalue weighted by molar-refractivity contribution is -0.901. The summed E-state index contributed by atoms with van der Waals surface area (Å²) in [5.74, 6) is -0.529. The van der Waals surface area contributed by atoms with Crippen LogP contribution in [0.2, 0.25) is 0 Å². The van der Waals surface area contributed by atoms with Crippen molar-refractivity contribution in [3.63, 3.8) is 0 Å². The van der Waals surface area contributed by atoms with Crippen molar-refractivity contribution in [1.82, 2.24) is 10.2 Å². The third-order valence-corrected chi connectivity index (χ3v) is 5.77. The highest BCUT2D eigenvalue weighted by atomic mass is 19.1. The van der Waals surface area contributed by atoms with Gasteiger partial charge in [-0.05, 0) is 55.0 Å². The third-order valence-electron chi connectivity index (χ3n) is 5.77. The number of rotatable bonds is 5. The van der Waals surface area contributed by atoms with E-state index in [1.807, 2.05) is 19.2 Å². The average molecular weight is 382 g/mol. The molecule has 146 valence electrons. The first kappa shape index (κ1) is 18.6. The molecule has 4 rings (SSSR count). The Labute approximate surface area is 164 Å². The zero-order valence-electron chi connectivity index (χ0n) is 16.2. The molecule has 1 unspecified atom stereocenters. The number of carbonyl (C=O) groups excluding carboxylic acids is 2. The maximum Gasteiger partial charge on any atom is 0.329 e. The van der Waals surface area contributed by atoms with Crippen molar-refractivity contribution in [1.29, 1.82) is 0 Å². The maximum absolute atomic E-state index is 13.4. The van der Waals surface area contributed by atoms with E-state index in [1.54, 1.807) is 13.0 Å². The number of benzene rings is 2. The van der Waals surface area contributed by atoms with E-state index < -0.39 is 5.54 Å². The molecule has 0 saturated carbocycles. The topological polar surface area (TPSA) is 53.9 Å². The highest BCUT2D eigenvalue weighted by Crippen LogP contribution is 2.32. The van der Waals surface area contributed by atoms with Crippen molar-refractivity contribution < 1.29 is 18.9 Å². The molecule has 1 aliphatic heterocycles. The molecule has 2 N–H and O–H groups in total. The lowest BCUT2D eigenvalue weighted by atomic mass is 9.90. The molecule has 6 heteroatoms. The molecule has 0 aromatic heterocycles. The van der Waals surface area contributed by atoms with Gasteiger partial charge >= 0.3 is 6.03 Å². The summed E-state index contributed by atoms with van der Waals surface area (Å²) >= 11 is 0. The fourth-order valence-corrected chi connectivity index (χ4v) is 4.24. The van der Waals surface area contributed by atoms with Gasteiger partial charge in [-0.3, -0.25) is 4.79 Å². The van der Waals surface area contributed by atoms with Crippen molar-refractivity contribution in [3.05, 3.63) is 70.5 Å². The summed E-state index contributed by atoms with van der Waals surface area (Å²) in [6.07, 6.45) is 3.23. The number of amides is 3. The highest BCUT2D eigenvalue weighted by Gasteiger charge is 2.50. The Hall–Kier alpha value is -2.73. The van der Waals surface area contributed by atoms with Crippen molar-refractivity contribution in [2.75, 3.05) is 13.7 Å². The molecule has 2 aliphatic rings. The van der Waals surface area contributed by atoms with E-state index in [0.717, 1.165) is 35.3 Å². The molecule has 3 amide bonds. The Bertz CT molecular complexity index is 945. The minimum atomic E-state index is -1.05. The fourth-order valence-electron chi connectivity index (χ4n) is 4.24. The number of fused-ring (bicyclic) bond motifs is 1. The summed E-state index contributed by atoms with van der Waals surface area (Å²) in [5.41, 5.74) is 3.21. The van der Waals surface area contributed by atoms with Crippen LogP contribution < -0.4 is 10.2 Å². The highest BCUT2D eigenvalue weighted by molar-refractivity contribution is 6.07. The Kier molecular flexibility index (Phi) is 4.67. The Balaban J connectivity index is 1.50. The summed E-state index contributed by atoms with van der Waals surface area (Å²) < 4.78 is 13.4. The van der Waals surface area contributed by atoms with Crippen molar-refractivity contribution >= 4 is 11.9 Å². The molecular weight excluding hydrogens is 357 g/mol. The first-order valence-electron chi connectivity index (χ1n) is 9.69. The predicted molar refractivity (Wildman–Crippen MR) is 103 cm³/mol. The van der Waals surface area contributed by atoms with Gasteiger partial charge in [-0.25, -0.2) is 14.1 Å². The van der Waals surface area contributed by atoms with Crippen LogP contribution >= 0.6 is 0 Å².